The van der Waals surface area contributed by atoms with Gasteiger partial charge in [-0.3, -0.25) is 0 Å². The van der Waals surface area contributed by atoms with Gasteiger partial charge < -0.3 is 9.47 Å². The van der Waals surface area contributed by atoms with Crippen molar-refractivity contribution < 1.29 is 32.2 Å². The van der Waals surface area contributed by atoms with Crippen molar-refractivity contribution in [3.8, 4) is 0 Å². The molecule has 0 atom stereocenters. The smallest absolute Gasteiger partial charge is 0.410 e. The average Bonchev–Trinajstić information content (AvgIpc) is 2.09. The minimum atomic E-state index is -4.80. The van der Waals surface area contributed by atoms with Gasteiger partial charge in [-0.1, -0.05) is 0 Å². The van der Waals surface area contributed by atoms with Crippen LogP contribution < -0.4 is 0 Å². The molecule has 0 heterocycles. The van der Waals surface area contributed by atoms with Crippen LogP contribution in [0.2, 0.25) is 0 Å². The predicted molar refractivity (Wildman–Crippen MR) is 56.6 cm³/mol. The first-order valence-corrected chi connectivity index (χ1v) is 5.24. The Morgan fingerprint density at radius 1 is 0.944 bits per heavy atom. The normalized spacial score (nSPS) is 11.4. The van der Waals surface area contributed by atoms with Crippen LogP contribution >= 0.6 is 0 Å². The van der Waals surface area contributed by atoms with Crippen LogP contribution in [0.4, 0.5) is 13.2 Å². The van der Waals surface area contributed by atoms with E-state index < -0.39 is 42.0 Å². The molecule has 0 fully saturated rings. The molecular weight excluding hydrogens is 253 g/mol. The number of hydrogen-bond donors (Lipinski definition) is 0. The Morgan fingerprint density at radius 3 is 1.50 bits per heavy atom. The third-order valence-corrected chi connectivity index (χ3v) is 1.43. The molecule has 0 aromatic rings. The lowest BCUT2D eigenvalue weighted by Crippen LogP contribution is -2.25. The number of carbonyl (C=O) groups excluding carboxylic acids is 2. The van der Waals surface area contributed by atoms with Gasteiger partial charge in [0.25, 0.3) is 0 Å². The standard InChI is InChI=1S/C11H15F3O4/c1-6(2)17-9(15)8(5-11(12,13)14)10(16)18-7(3)4/h5-7H,1-4H3. The number of allylic oxidation sites excluding steroid dienone is 1. The van der Waals surface area contributed by atoms with E-state index in [0.29, 0.717) is 0 Å². The van der Waals surface area contributed by atoms with E-state index in [0.717, 1.165) is 0 Å². The van der Waals surface area contributed by atoms with Crippen LogP contribution in [0.1, 0.15) is 27.7 Å². The zero-order valence-corrected chi connectivity index (χ0v) is 10.5. The summed E-state index contributed by atoms with van der Waals surface area (Å²) in [5.41, 5.74) is -1.16. The first kappa shape index (κ1) is 16.5. The van der Waals surface area contributed by atoms with E-state index >= 15 is 0 Å². The number of hydrogen-bond acceptors (Lipinski definition) is 4. The van der Waals surface area contributed by atoms with Crippen LogP contribution in [0, 0.1) is 0 Å². The van der Waals surface area contributed by atoms with Crippen LogP contribution in [-0.4, -0.2) is 30.3 Å². The van der Waals surface area contributed by atoms with E-state index in [1.165, 1.54) is 27.7 Å². The Hall–Kier alpha value is -1.53. The monoisotopic (exact) mass is 268 g/mol. The molecule has 4 nitrogen and oxygen atoms in total. The molecule has 0 amide bonds. The number of halogens is 3. The number of ether oxygens (including phenoxy) is 2. The summed E-state index contributed by atoms with van der Waals surface area (Å²) in [6.07, 6.45) is -6.49. The lowest BCUT2D eigenvalue weighted by Gasteiger charge is -2.13. The van der Waals surface area contributed by atoms with Crippen LogP contribution in [0.15, 0.2) is 11.6 Å². The van der Waals surface area contributed by atoms with Crippen molar-refractivity contribution in [3.63, 3.8) is 0 Å². The summed E-state index contributed by atoms with van der Waals surface area (Å²) in [5, 5.41) is 0. The summed E-state index contributed by atoms with van der Waals surface area (Å²) >= 11 is 0. The molecule has 0 spiro atoms. The van der Waals surface area contributed by atoms with Crippen LogP contribution in [-0.2, 0) is 19.1 Å². The molecule has 104 valence electrons. The fourth-order valence-corrected chi connectivity index (χ4v) is 0.920. The van der Waals surface area contributed by atoms with Crippen molar-refractivity contribution in [2.45, 2.75) is 46.1 Å². The third-order valence-electron chi connectivity index (χ3n) is 1.43. The Balaban J connectivity index is 5.13. The number of rotatable bonds is 4. The second-order valence-corrected chi connectivity index (χ2v) is 4.01. The zero-order chi connectivity index (χ0) is 14.5. The quantitative estimate of drug-likeness (QED) is 0.340. The molecule has 7 heteroatoms. The molecule has 0 aliphatic carbocycles. The molecular formula is C11H15F3O4. The van der Waals surface area contributed by atoms with E-state index in [9.17, 15) is 22.8 Å². The van der Waals surface area contributed by atoms with Crippen LogP contribution in [0.5, 0.6) is 0 Å². The maximum atomic E-state index is 12.2. The maximum Gasteiger partial charge on any atom is 0.410 e. The molecule has 0 radical (unpaired) electrons. The lowest BCUT2D eigenvalue weighted by molar-refractivity contribution is -0.152. The first-order valence-electron chi connectivity index (χ1n) is 5.24. The van der Waals surface area contributed by atoms with E-state index in [-0.39, 0.29) is 0 Å². The Labute approximate surface area is 103 Å². The van der Waals surface area contributed by atoms with Crippen LogP contribution in [0.3, 0.4) is 0 Å². The van der Waals surface area contributed by atoms with E-state index in [1.807, 2.05) is 0 Å². The Bertz CT molecular complexity index is 319. The maximum absolute atomic E-state index is 12.2. The molecule has 18 heavy (non-hydrogen) atoms. The van der Waals surface area contributed by atoms with Gasteiger partial charge in [-0.2, -0.15) is 13.2 Å². The van der Waals surface area contributed by atoms with Gasteiger partial charge in [0.05, 0.1) is 12.2 Å². The van der Waals surface area contributed by atoms with Crippen molar-refractivity contribution in [2.75, 3.05) is 0 Å². The Kier molecular flexibility index (Phi) is 5.87. The number of alkyl halides is 3. The largest absolute Gasteiger partial charge is 0.459 e. The SMILES string of the molecule is CC(C)OC(=O)C(=CC(F)(F)F)C(=O)OC(C)C. The highest BCUT2D eigenvalue weighted by molar-refractivity contribution is 6.14. The highest BCUT2D eigenvalue weighted by atomic mass is 19.4. The fraction of sp³-hybridized carbons (Fsp3) is 0.636. The molecule has 0 bridgehead atoms. The van der Waals surface area contributed by atoms with Gasteiger partial charge in [-0.25, -0.2) is 9.59 Å². The molecule has 0 aliphatic rings. The summed E-state index contributed by atoms with van der Waals surface area (Å²) in [7, 11) is 0. The van der Waals surface area contributed by atoms with E-state index in [4.69, 9.17) is 0 Å². The van der Waals surface area contributed by atoms with Gasteiger partial charge in [0.15, 0.2) is 0 Å². The van der Waals surface area contributed by atoms with Crippen molar-refractivity contribution >= 4 is 11.9 Å². The predicted octanol–water partition coefficient (Wildman–Crippen LogP) is 2.38. The van der Waals surface area contributed by atoms with Gasteiger partial charge >= 0.3 is 18.1 Å². The van der Waals surface area contributed by atoms with Gasteiger partial charge in [0.1, 0.15) is 5.57 Å². The van der Waals surface area contributed by atoms with Crippen molar-refractivity contribution in [2.24, 2.45) is 0 Å². The average molecular weight is 268 g/mol. The fourth-order valence-electron chi connectivity index (χ4n) is 0.920. The highest BCUT2D eigenvalue weighted by Gasteiger charge is 2.32. The number of carbonyl (C=O) groups is 2. The number of esters is 2. The van der Waals surface area contributed by atoms with E-state index in [1.54, 1.807) is 0 Å². The van der Waals surface area contributed by atoms with Crippen molar-refractivity contribution in [1.82, 2.24) is 0 Å². The van der Waals surface area contributed by atoms with Crippen molar-refractivity contribution in [3.05, 3.63) is 11.6 Å². The lowest BCUT2D eigenvalue weighted by atomic mass is 10.2. The molecule has 0 aromatic heterocycles. The molecule has 0 saturated heterocycles. The second-order valence-electron chi connectivity index (χ2n) is 4.01. The molecule has 0 aromatic carbocycles. The third kappa shape index (κ3) is 6.93. The van der Waals surface area contributed by atoms with Crippen LogP contribution in [0.25, 0.3) is 0 Å². The molecule has 0 rings (SSSR count). The highest BCUT2D eigenvalue weighted by Crippen LogP contribution is 2.20. The molecule has 0 saturated carbocycles. The van der Waals surface area contributed by atoms with Gasteiger partial charge in [-0.05, 0) is 27.7 Å². The zero-order valence-electron chi connectivity index (χ0n) is 10.5. The van der Waals surface area contributed by atoms with Crippen molar-refractivity contribution in [1.29, 1.82) is 0 Å². The second kappa shape index (κ2) is 6.42. The van der Waals surface area contributed by atoms with Gasteiger partial charge in [0, 0.05) is 6.08 Å². The summed E-state index contributed by atoms with van der Waals surface area (Å²) < 4.78 is 45.7. The molecule has 0 N–H and O–H groups in total. The summed E-state index contributed by atoms with van der Waals surface area (Å²) in [6.45, 7) is 5.82. The summed E-state index contributed by atoms with van der Waals surface area (Å²) in [4.78, 5) is 22.7. The Morgan fingerprint density at radius 2 is 1.28 bits per heavy atom. The van der Waals surface area contributed by atoms with Gasteiger partial charge in [-0.15, -0.1) is 0 Å². The van der Waals surface area contributed by atoms with Gasteiger partial charge in [0.2, 0.25) is 0 Å². The van der Waals surface area contributed by atoms with E-state index in [2.05, 4.69) is 9.47 Å². The topological polar surface area (TPSA) is 52.6 Å². The molecule has 0 aliphatic heterocycles. The minimum absolute atomic E-state index is 0.414. The molecule has 0 unspecified atom stereocenters. The minimum Gasteiger partial charge on any atom is -0.459 e. The first-order chi connectivity index (χ1) is 8.03. The summed E-state index contributed by atoms with van der Waals surface area (Å²) in [6, 6.07) is 0. The summed E-state index contributed by atoms with van der Waals surface area (Å²) in [5.74, 6) is -2.71.